The second-order valence-corrected chi connectivity index (χ2v) is 5.63. The Morgan fingerprint density at radius 2 is 2.09 bits per heavy atom. The van der Waals surface area contributed by atoms with Gasteiger partial charge in [0.2, 0.25) is 0 Å². The zero-order valence-electron chi connectivity index (χ0n) is 12.6. The number of benzene rings is 1. The van der Waals surface area contributed by atoms with Crippen molar-refractivity contribution in [1.29, 1.82) is 0 Å². The van der Waals surface area contributed by atoms with Crippen molar-refractivity contribution in [3.63, 3.8) is 0 Å². The highest BCUT2D eigenvalue weighted by Crippen LogP contribution is 2.26. The predicted octanol–water partition coefficient (Wildman–Crippen LogP) is 1.58. The molecular formula is C16H20N2O4. The Kier molecular flexibility index (Phi) is 4.18. The number of hydrogen-bond donors (Lipinski definition) is 1. The van der Waals surface area contributed by atoms with Crippen LogP contribution in [-0.4, -0.2) is 49.7 Å². The molecule has 22 heavy (non-hydrogen) atoms. The molecule has 0 spiro atoms. The Morgan fingerprint density at radius 3 is 2.82 bits per heavy atom. The third-order valence-electron chi connectivity index (χ3n) is 4.21. The first-order valence-electron chi connectivity index (χ1n) is 7.57. The van der Waals surface area contributed by atoms with Crippen LogP contribution in [0.25, 0.3) is 0 Å². The van der Waals surface area contributed by atoms with Gasteiger partial charge >= 0.3 is 6.09 Å². The molecule has 0 bridgehead atoms. The summed E-state index contributed by atoms with van der Waals surface area (Å²) >= 11 is 0. The summed E-state index contributed by atoms with van der Waals surface area (Å²) in [5, 5.41) is 3.05. The second kappa shape index (κ2) is 6.25. The maximum absolute atomic E-state index is 12.3. The maximum Gasteiger partial charge on any atom is 0.409 e. The van der Waals surface area contributed by atoms with E-state index in [1.165, 1.54) is 7.11 Å². The third-order valence-corrected chi connectivity index (χ3v) is 4.21. The van der Waals surface area contributed by atoms with Crippen LogP contribution in [0.15, 0.2) is 18.2 Å². The molecule has 6 nitrogen and oxygen atoms in total. The lowest BCUT2D eigenvalue weighted by atomic mass is 10.0. The van der Waals surface area contributed by atoms with Crippen LogP contribution in [0.1, 0.15) is 28.8 Å². The first-order chi connectivity index (χ1) is 10.7. The number of ether oxygens (including phenoxy) is 2. The summed E-state index contributed by atoms with van der Waals surface area (Å²) in [5.41, 5.74) is 1.76. The van der Waals surface area contributed by atoms with Crippen LogP contribution in [0.5, 0.6) is 5.75 Å². The molecule has 3 rings (SSSR count). The van der Waals surface area contributed by atoms with Crippen molar-refractivity contribution in [3.05, 3.63) is 29.3 Å². The van der Waals surface area contributed by atoms with Crippen molar-refractivity contribution >= 4 is 12.0 Å². The molecule has 0 aromatic heterocycles. The molecule has 1 aromatic carbocycles. The van der Waals surface area contributed by atoms with Gasteiger partial charge in [0.05, 0.1) is 13.7 Å². The van der Waals surface area contributed by atoms with E-state index >= 15 is 0 Å². The number of hydrogen-bond acceptors (Lipinski definition) is 4. The normalized spacial score (nSPS) is 17.6. The fraction of sp³-hybridized carbons (Fsp3) is 0.500. The van der Waals surface area contributed by atoms with Crippen molar-refractivity contribution < 1.29 is 19.1 Å². The average molecular weight is 304 g/mol. The summed E-state index contributed by atoms with van der Waals surface area (Å²) in [6, 6.07) is 5.65. The molecule has 1 N–H and O–H groups in total. The van der Waals surface area contributed by atoms with Crippen molar-refractivity contribution in [2.24, 2.45) is 0 Å². The van der Waals surface area contributed by atoms with Crippen LogP contribution in [0, 0.1) is 0 Å². The standard InChI is InChI=1S/C16H20N2O4/c1-21-16(20)18-7-4-13(5-8-18)17-15(19)12-2-3-14-11(10-12)6-9-22-14/h2-3,10,13H,4-9H2,1H3,(H,17,19). The van der Waals surface area contributed by atoms with Gasteiger partial charge in [-0.25, -0.2) is 4.79 Å². The lowest BCUT2D eigenvalue weighted by molar-refractivity contribution is 0.0892. The quantitative estimate of drug-likeness (QED) is 0.901. The molecular weight excluding hydrogens is 284 g/mol. The van der Waals surface area contributed by atoms with Crippen LogP contribution in [0.4, 0.5) is 4.79 Å². The summed E-state index contributed by atoms with van der Waals surface area (Å²) in [6.45, 7) is 1.90. The van der Waals surface area contributed by atoms with Gasteiger partial charge in [-0.05, 0) is 36.6 Å². The van der Waals surface area contributed by atoms with E-state index < -0.39 is 0 Å². The Hall–Kier alpha value is -2.24. The largest absolute Gasteiger partial charge is 0.493 e. The lowest BCUT2D eigenvalue weighted by Gasteiger charge is -2.31. The molecule has 118 valence electrons. The van der Waals surface area contributed by atoms with E-state index in [0.717, 1.165) is 30.6 Å². The summed E-state index contributed by atoms with van der Waals surface area (Å²) in [4.78, 5) is 25.4. The molecule has 2 aliphatic heterocycles. The number of piperidine rings is 1. The molecule has 0 atom stereocenters. The molecule has 1 aromatic rings. The van der Waals surface area contributed by atoms with E-state index in [0.29, 0.717) is 25.3 Å². The van der Waals surface area contributed by atoms with E-state index in [9.17, 15) is 9.59 Å². The number of rotatable bonds is 2. The molecule has 6 heteroatoms. The SMILES string of the molecule is COC(=O)N1CCC(NC(=O)c2ccc3c(c2)CCO3)CC1. The second-order valence-electron chi connectivity index (χ2n) is 5.63. The van der Waals surface area contributed by atoms with E-state index in [1.54, 1.807) is 11.0 Å². The molecule has 0 unspecified atom stereocenters. The summed E-state index contributed by atoms with van der Waals surface area (Å²) < 4.78 is 10.2. The van der Waals surface area contributed by atoms with Crippen molar-refractivity contribution in [1.82, 2.24) is 10.2 Å². The zero-order valence-corrected chi connectivity index (χ0v) is 12.6. The van der Waals surface area contributed by atoms with Crippen molar-refractivity contribution in [2.75, 3.05) is 26.8 Å². The van der Waals surface area contributed by atoms with Crippen molar-refractivity contribution in [3.8, 4) is 5.75 Å². The number of nitrogens with one attached hydrogen (secondary N) is 1. The minimum Gasteiger partial charge on any atom is -0.493 e. The van der Waals surface area contributed by atoms with E-state index in [1.807, 2.05) is 12.1 Å². The summed E-state index contributed by atoms with van der Waals surface area (Å²) in [5.74, 6) is 0.814. The lowest BCUT2D eigenvalue weighted by Crippen LogP contribution is -2.46. The first kappa shape index (κ1) is 14.7. The smallest absolute Gasteiger partial charge is 0.409 e. The van der Waals surface area contributed by atoms with Gasteiger partial charge in [0.25, 0.3) is 5.91 Å². The van der Waals surface area contributed by atoms with Crippen LogP contribution in [-0.2, 0) is 11.2 Å². The van der Waals surface area contributed by atoms with Gasteiger partial charge < -0.3 is 19.7 Å². The molecule has 0 saturated carbocycles. The summed E-state index contributed by atoms with van der Waals surface area (Å²) in [6.07, 6.45) is 2.04. The van der Waals surface area contributed by atoms with E-state index in [4.69, 9.17) is 9.47 Å². The highest BCUT2D eigenvalue weighted by Gasteiger charge is 2.25. The summed E-state index contributed by atoms with van der Waals surface area (Å²) in [7, 11) is 1.38. The molecule has 0 aliphatic carbocycles. The average Bonchev–Trinajstić information content (AvgIpc) is 3.02. The number of carbonyl (C=O) groups is 2. The minimum atomic E-state index is -0.302. The van der Waals surface area contributed by atoms with Crippen LogP contribution in [0.2, 0.25) is 0 Å². The monoisotopic (exact) mass is 304 g/mol. The highest BCUT2D eigenvalue weighted by molar-refractivity contribution is 5.94. The number of amides is 2. The van der Waals surface area contributed by atoms with Gasteiger partial charge in [-0.15, -0.1) is 0 Å². The Labute approximate surface area is 129 Å². The number of fused-ring (bicyclic) bond motifs is 1. The van der Waals surface area contributed by atoms with Gasteiger partial charge in [0.15, 0.2) is 0 Å². The number of likely N-dealkylation sites (tertiary alicyclic amines) is 1. The van der Waals surface area contributed by atoms with Crippen LogP contribution in [0.3, 0.4) is 0 Å². The van der Waals surface area contributed by atoms with Gasteiger partial charge in [-0.3, -0.25) is 4.79 Å². The van der Waals surface area contributed by atoms with Crippen LogP contribution < -0.4 is 10.1 Å². The number of carbonyl (C=O) groups excluding carboxylic acids is 2. The van der Waals surface area contributed by atoms with Gasteiger partial charge in [0.1, 0.15) is 5.75 Å². The van der Waals surface area contributed by atoms with E-state index in [2.05, 4.69) is 5.32 Å². The number of methoxy groups -OCH3 is 1. The minimum absolute atomic E-state index is 0.0637. The molecule has 1 saturated heterocycles. The molecule has 1 fully saturated rings. The zero-order chi connectivity index (χ0) is 15.5. The fourth-order valence-corrected chi connectivity index (χ4v) is 2.93. The van der Waals surface area contributed by atoms with Crippen LogP contribution >= 0.6 is 0 Å². The first-order valence-corrected chi connectivity index (χ1v) is 7.57. The maximum atomic E-state index is 12.3. The molecule has 2 amide bonds. The number of nitrogens with zero attached hydrogens (tertiary/aromatic N) is 1. The molecule has 2 aliphatic rings. The van der Waals surface area contributed by atoms with Gasteiger partial charge in [-0.2, -0.15) is 0 Å². The Morgan fingerprint density at radius 1 is 1.32 bits per heavy atom. The topological polar surface area (TPSA) is 67.9 Å². The predicted molar refractivity (Wildman–Crippen MR) is 80.1 cm³/mol. The van der Waals surface area contributed by atoms with Gasteiger partial charge in [0, 0.05) is 31.1 Å². The third kappa shape index (κ3) is 3.00. The Bertz CT molecular complexity index is 580. The highest BCUT2D eigenvalue weighted by atomic mass is 16.5. The van der Waals surface area contributed by atoms with Crippen molar-refractivity contribution in [2.45, 2.75) is 25.3 Å². The fourth-order valence-electron chi connectivity index (χ4n) is 2.93. The molecule has 2 heterocycles. The van der Waals surface area contributed by atoms with Gasteiger partial charge in [-0.1, -0.05) is 0 Å². The Balaban J connectivity index is 1.56. The van der Waals surface area contributed by atoms with E-state index in [-0.39, 0.29) is 18.0 Å². The molecule has 0 radical (unpaired) electrons.